The standard InChI is InChI=1S/C17H21NO2S/c1-21-17(10-4-5-11-17)13-18-16(20)15-9-3-2-7-14(15)8-6-12-19/h2-3,7,9,19H,4-5,10-13H2,1H3,(H,18,20). The summed E-state index contributed by atoms with van der Waals surface area (Å²) in [7, 11) is 0. The van der Waals surface area contributed by atoms with Gasteiger partial charge in [0, 0.05) is 16.9 Å². The average molecular weight is 303 g/mol. The third-order valence-electron chi connectivity index (χ3n) is 3.99. The second-order valence-electron chi connectivity index (χ2n) is 5.28. The number of thioether (sulfide) groups is 1. The van der Waals surface area contributed by atoms with Gasteiger partial charge in [-0.2, -0.15) is 11.8 Å². The lowest BCUT2D eigenvalue weighted by molar-refractivity contribution is 0.0949. The minimum atomic E-state index is -0.203. The molecule has 0 atom stereocenters. The van der Waals surface area contributed by atoms with Crippen molar-refractivity contribution < 1.29 is 9.90 Å². The molecule has 1 amide bonds. The number of rotatable bonds is 4. The third-order valence-corrected chi connectivity index (χ3v) is 5.41. The van der Waals surface area contributed by atoms with E-state index < -0.39 is 0 Å². The minimum Gasteiger partial charge on any atom is -0.384 e. The Morgan fingerprint density at radius 1 is 1.38 bits per heavy atom. The van der Waals surface area contributed by atoms with Crippen molar-refractivity contribution in [3.8, 4) is 11.8 Å². The van der Waals surface area contributed by atoms with Gasteiger partial charge in [0.05, 0.1) is 5.56 Å². The summed E-state index contributed by atoms with van der Waals surface area (Å²) in [4.78, 5) is 12.4. The number of carbonyl (C=O) groups excluding carboxylic acids is 1. The fraction of sp³-hybridized carbons (Fsp3) is 0.471. The van der Waals surface area contributed by atoms with Gasteiger partial charge in [0.25, 0.3) is 5.91 Å². The van der Waals surface area contributed by atoms with Gasteiger partial charge in [-0.3, -0.25) is 4.79 Å². The van der Waals surface area contributed by atoms with Gasteiger partial charge in [0.2, 0.25) is 0 Å². The number of carbonyl (C=O) groups is 1. The number of benzene rings is 1. The highest BCUT2D eigenvalue weighted by Gasteiger charge is 2.33. The van der Waals surface area contributed by atoms with Crippen LogP contribution in [0.3, 0.4) is 0 Å². The molecule has 0 aromatic heterocycles. The quantitative estimate of drug-likeness (QED) is 0.840. The summed E-state index contributed by atoms with van der Waals surface area (Å²) in [6, 6.07) is 7.26. The summed E-state index contributed by atoms with van der Waals surface area (Å²) in [5, 5.41) is 11.9. The second kappa shape index (κ2) is 7.53. The largest absolute Gasteiger partial charge is 0.384 e. The predicted octanol–water partition coefficient (Wildman–Crippen LogP) is 2.44. The molecule has 1 fully saturated rings. The maximum absolute atomic E-state index is 12.4. The Labute approximate surface area is 130 Å². The van der Waals surface area contributed by atoms with Crippen LogP contribution >= 0.6 is 11.8 Å². The zero-order valence-electron chi connectivity index (χ0n) is 12.3. The molecule has 0 heterocycles. The van der Waals surface area contributed by atoms with E-state index in [4.69, 9.17) is 5.11 Å². The second-order valence-corrected chi connectivity index (χ2v) is 6.56. The van der Waals surface area contributed by atoms with Crippen molar-refractivity contribution >= 4 is 17.7 Å². The molecule has 0 radical (unpaired) electrons. The van der Waals surface area contributed by atoms with E-state index >= 15 is 0 Å². The fourth-order valence-electron chi connectivity index (χ4n) is 2.73. The lowest BCUT2D eigenvalue weighted by Crippen LogP contribution is -2.38. The Kier molecular flexibility index (Phi) is 5.72. The van der Waals surface area contributed by atoms with Crippen molar-refractivity contribution in [1.82, 2.24) is 5.32 Å². The van der Waals surface area contributed by atoms with E-state index in [0.717, 1.165) is 0 Å². The van der Waals surface area contributed by atoms with Gasteiger partial charge in [0.15, 0.2) is 0 Å². The molecule has 0 bridgehead atoms. The van der Waals surface area contributed by atoms with Crippen LogP contribution in [0.15, 0.2) is 24.3 Å². The van der Waals surface area contributed by atoms with E-state index in [9.17, 15) is 4.79 Å². The van der Waals surface area contributed by atoms with Crippen molar-refractivity contribution in [2.24, 2.45) is 0 Å². The Morgan fingerprint density at radius 3 is 2.76 bits per heavy atom. The summed E-state index contributed by atoms with van der Waals surface area (Å²) in [5.41, 5.74) is 1.24. The van der Waals surface area contributed by atoms with Gasteiger partial charge < -0.3 is 10.4 Å². The van der Waals surface area contributed by atoms with Crippen LogP contribution < -0.4 is 5.32 Å². The molecule has 1 aromatic rings. The number of hydrogen-bond acceptors (Lipinski definition) is 3. The van der Waals surface area contributed by atoms with Gasteiger partial charge in [0.1, 0.15) is 6.61 Å². The SMILES string of the molecule is CSC1(CNC(=O)c2ccccc2C#CCO)CCCC1. The van der Waals surface area contributed by atoms with E-state index in [-0.39, 0.29) is 17.3 Å². The maximum Gasteiger partial charge on any atom is 0.252 e. The first kappa shape index (κ1) is 15.9. The first-order valence-electron chi connectivity index (χ1n) is 7.23. The van der Waals surface area contributed by atoms with Gasteiger partial charge >= 0.3 is 0 Å². The molecule has 4 heteroatoms. The number of amides is 1. The first-order chi connectivity index (χ1) is 10.2. The molecule has 0 spiro atoms. The van der Waals surface area contributed by atoms with Crippen molar-refractivity contribution in [2.75, 3.05) is 19.4 Å². The van der Waals surface area contributed by atoms with Gasteiger partial charge in [-0.15, -0.1) is 0 Å². The van der Waals surface area contributed by atoms with E-state index in [1.807, 2.05) is 23.9 Å². The molecule has 2 N–H and O–H groups in total. The van der Waals surface area contributed by atoms with Crippen LogP contribution in [0.2, 0.25) is 0 Å². The first-order valence-corrected chi connectivity index (χ1v) is 8.45. The maximum atomic E-state index is 12.4. The molecule has 1 aliphatic carbocycles. The summed E-state index contributed by atoms with van der Waals surface area (Å²) < 4.78 is 0.196. The van der Waals surface area contributed by atoms with E-state index in [2.05, 4.69) is 23.4 Å². The van der Waals surface area contributed by atoms with Crippen LogP contribution in [0.5, 0.6) is 0 Å². The molecule has 0 unspecified atom stereocenters. The molecule has 2 rings (SSSR count). The van der Waals surface area contributed by atoms with Crippen LogP contribution in [0, 0.1) is 11.8 Å². The van der Waals surface area contributed by atoms with Crippen molar-refractivity contribution in [3.63, 3.8) is 0 Å². The highest BCUT2D eigenvalue weighted by Crippen LogP contribution is 2.39. The minimum absolute atomic E-state index is 0.0850. The fourth-order valence-corrected chi connectivity index (χ4v) is 3.65. The lowest BCUT2D eigenvalue weighted by Gasteiger charge is -2.27. The third kappa shape index (κ3) is 4.03. The van der Waals surface area contributed by atoms with E-state index in [1.54, 1.807) is 12.1 Å². The molecule has 1 aliphatic rings. The van der Waals surface area contributed by atoms with Crippen molar-refractivity contribution in [1.29, 1.82) is 0 Å². The van der Waals surface area contributed by atoms with Crippen LogP contribution in [-0.2, 0) is 0 Å². The topological polar surface area (TPSA) is 49.3 Å². The number of nitrogens with one attached hydrogen (secondary N) is 1. The normalized spacial score (nSPS) is 16.1. The van der Waals surface area contributed by atoms with Crippen LogP contribution in [0.1, 0.15) is 41.6 Å². The molecule has 1 saturated carbocycles. The van der Waals surface area contributed by atoms with E-state index in [0.29, 0.717) is 17.7 Å². The molecule has 21 heavy (non-hydrogen) atoms. The van der Waals surface area contributed by atoms with Crippen molar-refractivity contribution in [3.05, 3.63) is 35.4 Å². The van der Waals surface area contributed by atoms with E-state index in [1.165, 1.54) is 25.7 Å². The summed E-state index contributed by atoms with van der Waals surface area (Å²) >= 11 is 1.86. The van der Waals surface area contributed by atoms with Crippen LogP contribution in [-0.4, -0.2) is 35.2 Å². The molecule has 1 aromatic carbocycles. The van der Waals surface area contributed by atoms with Crippen molar-refractivity contribution in [2.45, 2.75) is 30.4 Å². The zero-order chi connectivity index (χ0) is 15.1. The lowest BCUT2D eigenvalue weighted by atomic mass is 10.1. The molecular weight excluding hydrogens is 282 g/mol. The zero-order valence-corrected chi connectivity index (χ0v) is 13.1. The number of aliphatic hydroxyl groups excluding tert-OH is 1. The Balaban J connectivity index is 2.07. The van der Waals surface area contributed by atoms with Gasteiger partial charge in [-0.1, -0.05) is 36.8 Å². The van der Waals surface area contributed by atoms with Gasteiger partial charge in [-0.25, -0.2) is 0 Å². The molecule has 0 saturated heterocycles. The highest BCUT2D eigenvalue weighted by molar-refractivity contribution is 8.00. The average Bonchev–Trinajstić information content (AvgIpc) is 3.00. The Bertz CT molecular complexity index is 553. The summed E-state index contributed by atoms with van der Waals surface area (Å²) in [5.74, 6) is 5.34. The van der Waals surface area contributed by atoms with Crippen LogP contribution in [0.25, 0.3) is 0 Å². The highest BCUT2D eigenvalue weighted by atomic mass is 32.2. The summed E-state index contributed by atoms with van der Waals surface area (Å²) in [6.45, 7) is 0.500. The number of aliphatic hydroxyl groups is 1. The molecule has 3 nitrogen and oxygen atoms in total. The molecular formula is C17H21NO2S. The monoisotopic (exact) mass is 303 g/mol. The summed E-state index contributed by atoms with van der Waals surface area (Å²) in [6.07, 6.45) is 6.95. The number of hydrogen-bond donors (Lipinski definition) is 2. The Hall–Kier alpha value is -1.44. The van der Waals surface area contributed by atoms with Crippen LogP contribution in [0.4, 0.5) is 0 Å². The smallest absolute Gasteiger partial charge is 0.252 e. The molecule has 112 valence electrons. The molecule has 0 aliphatic heterocycles. The predicted molar refractivity (Wildman–Crippen MR) is 87.5 cm³/mol. The Morgan fingerprint density at radius 2 is 2.10 bits per heavy atom. The van der Waals surface area contributed by atoms with Gasteiger partial charge in [-0.05, 0) is 31.2 Å².